The number of amides is 1. The van der Waals surface area contributed by atoms with Gasteiger partial charge in [-0.1, -0.05) is 13.8 Å². The highest BCUT2D eigenvalue weighted by atomic mass is 16.1. The van der Waals surface area contributed by atoms with Crippen LogP contribution >= 0.6 is 0 Å². The van der Waals surface area contributed by atoms with E-state index in [-0.39, 0.29) is 11.8 Å². The van der Waals surface area contributed by atoms with Crippen molar-refractivity contribution in [2.75, 3.05) is 6.54 Å². The Morgan fingerprint density at radius 1 is 1.56 bits per heavy atom. The van der Waals surface area contributed by atoms with Crippen LogP contribution in [-0.2, 0) is 4.79 Å². The van der Waals surface area contributed by atoms with Crippen LogP contribution in [0.4, 0.5) is 0 Å². The fourth-order valence-corrected chi connectivity index (χ4v) is 0.486. The molecule has 0 N–H and O–H groups in total. The van der Waals surface area contributed by atoms with Crippen LogP contribution in [0.3, 0.4) is 0 Å². The highest BCUT2D eigenvalue weighted by Gasteiger charge is 2.08. The van der Waals surface area contributed by atoms with Crippen molar-refractivity contribution in [1.82, 2.24) is 5.32 Å². The maximum absolute atomic E-state index is 10.8. The van der Waals surface area contributed by atoms with Crippen molar-refractivity contribution in [2.24, 2.45) is 5.92 Å². The average molecular weight is 128 g/mol. The summed E-state index contributed by atoms with van der Waals surface area (Å²) in [6.45, 7) is 6.39. The summed E-state index contributed by atoms with van der Waals surface area (Å²) in [5, 5.41) is 3.76. The zero-order valence-corrected chi connectivity index (χ0v) is 6.35. The predicted molar refractivity (Wildman–Crippen MR) is 37.1 cm³/mol. The quantitative estimate of drug-likeness (QED) is 0.561. The molecule has 53 valence electrons. The third-order valence-electron chi connectivity index (χ3n) is 1.35. The van der Waals surface area contributed by atoms with Crippen molar-refractivity contribution in [2.45, 2.75) is 27.2 Å². The van der Waals surface area contributed by atoms with E-state index in [2.05, 4.69) is 5.32 Å². The fourth-order valence-electron chi connectivity index (χ4n) is 0.486. The minimum absolute atomic E-state index is 0.0417. The minimum Gasteiger partial charge on any atom is -0.273 e. The van der Waals surface area contributed by atoms with Crippen LogP contribution in [-0.4, -0.2) is 12.5 Å². The summed E-state index contributed by atoms with van der Waals surface area (Å²) in [6, 6.07) is 0. The lowest BCUT2D eigenvalue weighted by molar-refractivity contribution is -0.124. The molecular weight excluding hydrogens is 114 g/mol. The topological polar surface area (TPSA) is 31.2 Å². The Morgan fingerprint density at radius 3 is 2.44 bits per heavy atom. The molecule has 0 fully saturated rings. The second kappa shape index (κ2) is 4.36. The highest BCUT2D eigenvalue weighted by Crippen LogP contribution is 1.99. The highest BCUT2D eigenvalue weighted by molar-refractivity contribution is 5.77. The van der Waals surface area contributed by atoms with Gasteiger partial charge in [-0.15, -0.1) is 0 Å². The molecule has 0 heterocycles. The third-order valence-corrected chi connectivity index (χ3v) is 1.35. The van der Waals surface area contributed by atoms with Gasteiger partial charge in [0.2, 0.25) is 5.91 Å². The molecule has 1 radical (unpaired) electrons. The SMILES string of the molecule is CC[N]C(=O)C(C)CC. The van der Waals surface area contributed by atoms with Gasteiger partial charge >= 0.3 is 0 Å². The van der Waals surface area contributed by atoms with E-state index in [0.29, 0.717) is 6.54 Å². The van der Waals surface area contributed by atoms with Crippen LogP contribution in [0.2, 0.25) is 0 Å². The second-order valence-electron chi connectivity index (χ2n) is 2.12. The molecule has 0 aliphatic heterocycles. The maximum Gasteiger partial charge on any atom is 0.243 e. The standard InChI is InChI=1S/C7H14NO/c1-4-6(3)7(9)8-5-2/h6H,4-5H2,1-3H3. The number of nitrogens with zero attached hydrogens (tertiary/aromatic N) is 1. The van der Waals surface area contributed by atoms with Crippen molar-refractivity contribution < 1.29 is 4.79 Å². The van der Waals surface area contributed by atoms with E-state index in [9.17, 15) is 4.79 Å². The van der Waals surface area contributed by atoms with Crippen LogP contribution in [0.15, 0.2) is 0 Å². The molecule has 1 amide bonds. The van der Waals surface area contributed by atoms with E-state index in [1.54, 1.807) is 0 Å². The average Bonchev–Trinajstić information content (AvgIpc) is 1.87. The maximum atomic E-state index is 10.8. The van der Waals surface area contributed by atoms with E-state index in [1.165, 1.54) is 0 Å². The summed E-state index contributed by atoms with van der Waals surface area (Å²) in [5.41, 5.74) is 0. The lowest BCUT2D eigenvalue weighted by Gasteiger charge is -2.03. The predicted octanol–water partition coefficient (Wildman–Crippen LogP) is 1.18. The van der Waals surface area contributed by atoms with E-state index < -0.39 is 0 Å². The first-order valence-corrected chi connectivity index (χ1v) is 3.43. The Labute approximate surface area is 56.6 Å². The zero-order valence-electron chi connectivity index (χ0n) is 6.35. The number of rotatable bonds is 3. The number of carbonyl (C=O) groups is 1. The molecule has 0 aromatic rings. The number of carbonyl (C=O) groups excluding carboxylic acids is 1. The third kappa shape index (κ3) is 3.12. The van der Waals surface area contributed by atoms with E-state index in [4.69, 9.17) is 0 Å². The van der Waals surface area contributed by atoms with E-state index >= 15 is 0 Å². The molecule has 0 bridgehead atoms. The number of hydrogen-bond acceptors (Lipinski definition) is 1. The van der Waals surface area contributed by atoms with E-state index in [0.717, 1.165) is 6.42 Å². The fraction of sp³-hybridized carbons (Fsp3) is 0.857. The Hall–Kier alpha value is -0.530. The van der Waals surface area contributed by atoms with E-state index in [1.807, 2.05) is 20.8 Å². The first kappa shape index (κ1) is 8.47. The molecule has 0 aromatic heterocycles. The molecule has 0 rings (SSSR count). The molecule has 0 aromatic carbocycles. The van der Waals surface area contributed by atoms with Crippen LogP contribution in [0.5, 0.6) is 0 Å². The molecule has 1 unspecified atom stereocenters. The summed E-state index contributed by atoms with van der Waals surface area (Å²) in [6.07, 6.45) is 0.891. The Morgan fingerprint density at radius 2 is 2.11 bits per heavy atom. The smallest absolute Gasteiger partial charge is 0.243 e. The molecule has 0 aliphatic rings. The summed E-state index contributed by atoms with van der Waals surface area (Å²) in [7, 11) is 0. The lowest BCUT2D eigenvalue weighted by atomic mass is 10.1. The van der Waals surface area contributed by atoms with Crippen LogP contribution in [0.25, 0.3) is 0 Å². The Balaban J connectivity index is 3.46. The molecule has 9 heavy (non-hydrogen) atoms. The van der Waals surface area contributed by atoms with Gasteiger partial charge in [0, 0.05) is 12.5 Å². The van der Waals surface area contributed by atoms with Crippen LogP contribution < -0.4 is 5.32 Å². The zero-order chi connectivity index (χ0) is 7.28. The molecule has 0 spiro atoms. The molecule has 0 aliphatic carbocycles. The van der Waals surface area contributed by atoms with Crippen molar-refractivity contribution >= 4 is 5.91 Å². The van der Waals surface area contributed by atoms with Crippen molar-refractivity contribution in [3.8, 4) is 0 Å². The monoisotopic (exact) mass is 128 g/mol. The van der Waals surface area contributed by atoms with Gasteiger partial charge in [-0.3, -0.25) is 10.1 Å². The largest absolute Gasteiger partial charge is 0.273 e. The first-order valence-electron chi connectivity index (χ1n) is 3.43. The van der Waals surface area contributed by atoms with Gasteiger partial charge in [0.15, 0.2) is 0 Å². The van der Waals surface area contributed by atoms with Gasteiger partial charge in [0.1, 0.15) is 0 Å². The molecular formula is C7H14NO. The molecule has 2 heteroatoms. The second-order valence-corrected chi connectivity index (χ2v) is 2.12. The van der Waals surface area contributed by atoms with Gasteiger partial charge in [-0.2, -0.15) is 0 Å². The van der Waals surface area contributed by atoms with Gasteiger partial charge < -0.3 is 0 Å². The van der Waals surface area contributed by atoms with Gasteiger partial charge in [-0.25, -0.2) is 0 Å². The Kier molecular flexibility index (Phi) is 4.10. The van der Waals surface area contributed by atoms with Crippen molar-refractivity contribution in [1.29, 1.82) is 0 Å². The first-order chi connectivity index (χ1) is 4.22. The minimum atomic E-state index is 0.0417. The van der Waals surface area contributed by atoms with Crippen molar-refractivity contribution in [3.05, 3.63) is 0 Å². The Bertz CT molecular complexity index is 90.9. The van der Waals surface area contributed by atoms with Gasteiger partial charge in [-0.05, 0) is 13.3 Å². The van der Waals surface area contributed by atoms with Crippen LogP contribution in [0.1, 0.15) is 27.2 Å². The normalized spacial score (nSPS) is 12.8. The molecule has 0 saturated carbocycles. The van der Waals surface area contributed by atoms with Gasteiger partial charge in [0.25, 0.3) is 0 Å². The summed E-state index contributed by atoms with van der Waals surface area (Å²) >= 11 is 0. The van der Waals surface area contributed by atoms with Gasteiger partial charge in [0.05, 0.1) is 0 Å². The van der Waals surface area contributed by atoms with Crippen LogP contribution in [0, 0.1) is 5.92 Å². The van der Waals surface area contributed by atoms with Crippen molar-refractivity contribution in [3.63, 3.8) is 0 Å². The summed E-state index contributed by atoms with van der Waals surface area (Å²) in [4.78, 5) is 10.8. The molecule has 1 atom stereocenters. The molecule has 2 nitrogen and oxygen atoms in total. The molecule has 0 saturated heterocycles. The number of hydrogen-bond donors (Lipinski definition) is 0. The summed E-state index contributed by atoms with van der Waals surface area (Å²) < 4.78 is 0. The summed E-state index contributed by atoms with van der Waals surface area (Å²) in [5.74, 6) is 0.157. The lowest BCUT2D eigenvalue weighted by Crippen LogP contribution is -2.21.